The highest BCUT2D eigenvalue weighted by Gasteiger charge is 2.38. The summed E-state index contributed by atoms with van der Waals surface area (Å²) < 4.78 is 0. The quantitative estimate of drug-likeness (QED) is 0.694. The Balaban J connectivity index is 1.91. The fourth-order valence-corrected chi connectivity index (χ4v) is 3.53. The van der Waals surface area contributed by atoms with Crippen molar-refractivity contribution in [1.29, 1.82) is 0 Å². The Bertz CT molecular complexity index is 265. The summed E-state index contributed by atoms with van der Waals surface area (Å²) in [4.78, 5) is 14.7. The van der Waals surface area contributed by atoms with Gasteiger partial charge in [0.05, 0.1) is 0 Å². The molecule has 2 rings (SSSR count). The molecule has 0 bridgehead atoms. The highest BCUT2D eigenvalue weighted by atomic mass is 35.5. The summed E-state index contributed by atoms with van der Waals surface area (Å²) in [6, 6.07) is 0. The molecular formula is C14H24ClNO. The number of amides is 1. The first-order valence-corrected chi connectivity index (χ1v) is 7.54. The molecule has 0 radical (unpaired) electrons. The van der Waals surface area contributed by atoms with Crippen LogP contribution in [0.1, 0.15) is 51.9 Å². The summed E-state index contributed by atoms with van der Waals surface area (Å²) in [6.07, 6.45) is 8.09. The van der Waals surface area contributed by atoms with Crippen molar-refractivity contribution >= 4 is 17.5 Å². The Kier molecular flexibility index (Phi) is 4.35. The van der Waals surface area contributed by atoms with Crippen LogP contribution < -0.4 is 0 Å². The van der Waals surface area contributed by atoms with Gasteiger partial charge in [-0.15, -0.1) is 11.6 Å². The molecule has 1 saturated heterocycles. The normalized spacial score (nSPS) is 25.9. The number of alkyl halides is 1. The van der Waals surface area contributed by atoms with Crippen molar-refractivity contribution in [3.05, 3.63) is 0 Å². The molecule has 3 heteroatoms. The molecule has 2 nitrogen and oxygen atoms in total. The average Bonchev–Trinajstić information content (AvgIpc) is 2.39. The van der Waals surface area contributed by atoms with E-state index in [9.17, 15) is 4.79 Å². The van der Waals surface area contributed by atoms with Gasteiger partial charge in [-0.1, -0.05) is 26.2 Å². The van der Waals surface area contributed by atoms with E-state index in [1.165, 1.54) is 19.3 Å². The standard InChI is InChI=1S/C14H24ClNO/c1-14(7-3-2-4-8-14)13(17)16-9-5-12(11-15)6-10-16/h12H,2-11H2,1H3. The first-order chi connectivity index (χ1) is 8.15. The zero-order chi connectivity index (χ0) is 12.3. The van der Waals surface area contributed by atoms with Crippen molar-refractivity contribution in [3.8, 4) is 0 Å². The van der Waals surface area contributed by atoms with Crippen molar-refractivity contribution < 1.29 is 4.79 Å². The van der Waals surface area contributed by atoms with Crippen LogP contribution in [-0.2, 0) is 4.79 Å². The van der Waals surface area contributed by atoms with Gasteiger partial charge in [0.2, 0.25) is 5.91 Å². The Morgan fingerprint density at radius 1 is 1.24 bits per heavy atom. The van der Waals surface area contributed by atoms with Crippen LogP contribution in [0.2, 0.25) is 0 Å². The van der Waals surface area contributed by atoms with E-state index in [1.54, 1.807) is 0 Å². The smallest absolute Gasteiger partial charge is 0.228 e. The second kappa shape index (κ2) is 5.60. The summed E-state index contributed by atoms with van der Waals surface area (Å²) in [6.45, 7) is 4.01. The van der Waals surface area contributed by atoms with E-state index in [-0.39, 0.29) is 5.41 Å². The number of piperidine rings is 1. The van der Waals surface area contributed by atoms with Crippen molar-refractivity contribution in [2.24, 2.45) is 11.3 Å². The zero-order valence-electron chi connectivity index (χ0n) is 10.9. The van der Waals surface area contributed by atoms with Crippen LogP contribution in [0.3, 0.4) is 0 Å². The first-order valence-electron chi connectivity index (χ1n) is 7.01. The van der Waals surface area contributed by atoms with E-state index >= 15 is 0 Å². The number of halogens is 1. The van der Waals surface area contributed by atoms with Crippen LogP contribution in [-0.4, -0.2) is 29.8 Å². The molecule has 0 unspecified atom stereocenters. The van der Waals surface area contributed by atoms with Gasteiger partial charge >= 0.3 is 0 Å². The number of carbonyl (C=O) groups excluding carboxylic acids is 1. The highest BCUT2D eigenvalue weighted by molar-refractivity contribution is 6.18. The molecule has 1 aliphatic carbocycles. The van der Waals surface area contributed by atoms with E-state index in [0.29, 0.717) is 11.8 Å². The van der Waals surface area contributed by atoms with Crippen LogP contribution in [0, 0.1) is 11.3 Å². The molecule has 0 aromatic rings. The molecule has 17 heavy (non-hydrogen) atoms. The Morgan fingerprint density at radius 3 is 2.35 bits per heavy atom. The third-order valence-corrected chi connectivity index (χ3v) is 5.03. The third kappa shape index (κ3) is 2.96. The number of likely N-dealkylation sites (tertiary alicyclic amines) is 1. The molecule has 1 heterocycles. The molecule has 2 aliphatic rings. The lowest BCUT2D eigenvalue weighted by Gasteiger charge is -2.40. The summed E-state index contributed by atoms with van der Waals surface area (Å²) in [5.41, 5.74) is -0.0634. The largest absolute Gasteiger partial charge is 0.342 e. The molecule has 1 amide bonds. The lowest BCUT2D eigenvalue weighted by Crippen LogP contribution is -2.47. The van der Waals surface area contributed by atoms with Gasteiger partial charge < -0.3 is 4.90 Å². The van der Waals surface area contributed by atoms with Crippen LogP contribution in [0.4, 0.5) is 0 Å². The maximum atomic E-state index is 12.6. The maximum absolute atomic E-state index is 12.6. The fourth-order valence-electron chi connectivity index (χ4n) is 3.22. The van der Waals surface area contributed by atoms with Gasteiger partial charge in [-0.3, -0.25) is 4.79 Å². The number of hydrogen-bond acceptors (Lipinski definition) is 1. The number of nitrogens with zero attached hydrogens (tertiary/aromatic N) is 1. The molecule has 0 aromatic carbocycles. The van der Waals surface area contributed by atoms with Gasteiger partial charge in [0.15, 0.2) is 0 Å². The van der Waals surface area contributed by atoms with Gasteiger partial charge in [0, 0.05) is 24.4 Å². The van der Waals surface area contributed by atoms with Gasteiger partial charge in [-0.25, -0.2) is 0 Å². The van der Waals surface area contributed by atoms with Gasteiger partial charge in [-0.2, -0.15) is 0 Å². The molecule has 98 valence electrons. The van der Waals surface area contributed by atoms with Crippen LogP contribution in [0.5, 0.6) is 0 Å². The fraction of sp³-hybridized carbons (Fsp3) is 0.929. The van der Waals surface area contributed by atoms with Crippen molar-refractivity contribution in [2.45, 2.75) is 51.9 Å². The van der Waals surface area contributed by atoms with E-state index in [4.69, 9.17) is 11.6 Å². The topological polar surface area (TPSA) is 20.3 Å². The molecule has 0 atom stereocenters. The predicted molar refractivity (Wildman–Crippen MR) is 71.2 cm³/mol. The van der Waals surface area contributed by atoms with E-state index < -0.39 is 0 Å². The second-order valence-corrected chi connectivity index (χ2v) is 6.32. The minimum absolute atomic E-state index is 0.0634. The minimum atomic E-state index is -0.0634. The Labute approximate surface area is 110 Å². The van der Waals surface area contributed by atoms with Crippen molar-refractivity contribution in [1.82, 2.24) is 4.90 Å². The lowest BCUT2D eigenvalue weighted by atomic mass is 9.74. The van der Waals surface area contributed by atoms with Crippen LogP contribution >= 0.6 is 11.6 Å². The van der Waals surface area contributed by atoms with Gasteiger partial charge in [0.25, 0.3) is 0 Å². The molecule has 1 aliphatic heterocycles. The van der Waals surface area contributed by atoms with E-state index in [2.05, 4.69) is 11.8 Å². The summed E-state index contributed by atoms with van der Waals surface area (Å²) in [5.74, 6) is 1.78. The Morgan fingerprint density at radius 2 is 1.82 bits per heavy atom. The SMILES string of the molecule is CC1(C(=O)N2CCC(CCl)CC2)CCCCC1. The zero-order valence-corrected chi connectivity index (χ0v) is 11.6. The predicted octanol–water partition coefficient (Wildman–Crippen LogP) is 3.43. The van der Waals surface area contributed by atoms with Crippen molar-refractivity contribution in [3.63, 3.8) is 0 Å². The Hall–Kier alpha value is -0.240. The molecule has 0 spiro atoms. The summed E-state index contributed by atoms with van der Waals surface area (Å²) >= 11 is 5.88. The number of carbonyl (C=O) groups is 1. The highest BCUT2D eigenvalue weighted by Crippen LogP contribution is 2.38. The molecule has 0 N–H and O–H groups in total. The van der Waals surface area contributed by atoms with Crippen LogP contribution in [0.25, 0.3) is 0 Å². The van der Waals surface area contributed by atoms with E-state index in [1.807, 2.05) is 0 Å². The number of rotatable bonds is 2. The monoisotopic (exact) mass is 257 g/mol. The van der Waals surface area contributed by atoms with Crippen LogP contribution in [0.15, 0.2) is 0 Å². The van der Waals surface area contributed by atoms with Gasteiger partial charge in [-0.05, 0) is 31.6 Å². The molecule has 1 saturated carbocycles. The van der Waals surface area contributed by atoms with E-state index in [0.717, 1.165) is 44.7 Å². The second-order valence-electron chi connectivity index (χ2n) is 6.01. The number of hydrogen-bond donors (Lipinski definition) is 0. The molecular weight excluding hydrogens is 234 g/mol. The maximum Gasteiger partial charge on any atom is 0.228 e. The van der Waals surface area contributed by atoms with Gasteiger partial charge in [0.1, 0.15) is 0 Å². The summed E-state index contributed by atoms with van der Waals surface area (Å²) in [5, 5.41) is 0. The average molecular weight is 258 g/mol. The third-order valence-electron chi connectivity index (χ3n) is 4.59. The molecule has 0 aromatic heterocycles. The first kappa shape index (κ1) is 13.2. The van der Waals surface area contributed by atoms with Crippen molar-refractivity contribution in [2.75, 3.05) is 19.0 Å². The minimum Gasteiger partial charge on any atom is -0.342 e. The molecule has 2 fully saturated rings. The summed E-state index contributed by atoms with van der Waals surface area (Å²) in [7, 11) is 0. The lowest BCUT2D eigenvalue weighted by molar-refractivity contribution is -0.144.